The first-order chi connectivity index (χ1) is 14.5. The summed E-state index contributed by atoms with van der Waals surface area (Å²) in [6.07, 6.45) is 5.66. The fraction of sp³-hybridized carbons (Fsp3) is 0.583. The van der Waals surface area contributed by atoms with Gasteiger partial charge in [-0.15, -0.1) is 0 Å². The number of amides is 1. The first-order valence-corrected chi connectivity index (χ1v) is 11.2. The molecular weight excluding hydrogens is 378 g/mol. The number of hydrogen-bond donors (Lipinski definition) is 0. The average Bonchev–Trinajstić information content (AvgIpc) is 3.27. The molecule has 3 atom stereocenters. The average molecular weight is 410 g/mol. The van der Waals surface area contributed by atoms with Crippen LogP contribution in [0.15, 0.2) is 30.6 Å². The van der Waals surface area contributed by atoms with Crippen LogP contribution in [0.2, 0.25) is 0 Å². The van der Waals surface area contributed by atoms with E-state index >= 15 is 0 Å². The largest absolute Gasteiger partial charge is 0.493 e. The fourth-order valence-electron chi connectivity index (χ4n) is 5.09. The van der Waals surface area contributed by atoms with Crippen LogP contribution in [0.4, 0.5) is 0 Å². The van der Waals surface area contributed by atoms with Crippen LogP contribution in [0.5, 0.6) is 5.75 Å². The summed E-state index contributed by atoms with van der Waals surface area (Å²) in [5, 5.41) is 4.36. The highest BCUT2D eigenvalue weighted by Gasteiger charge is 2.62. The van der Waals surface area contributed by atoms with Gasteiger partial charge in [-0.3, -0.25) is 9.48 Å². The number of ether oxygens (including phenoxy) is 2. The maximum Gasteiger partial charge on any atom is 0.226 e. The normalized spacial score (nSPS) is 27.8. The van der Waals surface area contributed by atoms with Gasteiger partial charge in [0.1, 0.15) is 11.9 Å². The van der Waals surface area contributed by atoms with Gasteiger partial charge in [0.2, 0.25) is 5.91 Å². The van der Waals surface area contributed by atoms with Gasteiger partial charge in [0, 0.05) is 41.7 Å². The molecule has 6 nitrogen and oxygen atoms in total. The molecule has 1 saturated carbocycles. The summed E-state index contributed by atoms with van der Waals surface area (Å²) in [4.78, 5) is 15.5. The lowest BCUT2D eigenvalue weighted by Gasteiger charge is -2.34. The predicted molar refractivity (Wildman–Crippen MR) is 114 cm³/mol. The fourth-order valence-corrected chi connectivity index (χ4v) is 5.09. The minimum absolute atomic E-state index is 0.0452. The van der Waals surface area contributed by atoms with Crippen molar-refractivity contribution in [3.8, 4) is 5.75 Å². The number of hydrogen-bond acceptors (Lipinski definition) is 4. The molecule has 30 heavy (non-hydrogen) atoms. The van der Waals surface area contributed by atoms with Crippen LogP contribution in [-0.2, 0) is 21.5 Å². The second kappa shape index (κ2) is 7.41. The number of morpholine rings is 1. The van der Waals surface area contributed by atoms with Crippen molar-refractivity contribution in [3.63, 3.8) is 0 Å². The number of benzene rings is 1. The molecule has 6 heteroatoms. The van der Waals surface area contributed by atoms with E-state index in [1.165, 1.54) is 11.1 Å². The molecule has 2 aromatic rings. The maximum atomic E-state index is 13.5. The summed E-state index contributed by atoms with van der Waals surface area (Å²) in [5.41, 5.74) is 3.57. The van der Waals surface area contributed by atoms with Gasteiger partial charge in [-0.2, -0.15) is 5.10 Å². The number of carbonyl (C=O) groups is 1. The van der Waals surface area contributed by atoms with Gasteiger partial charge in [-0.1, -0.05) is 26.0 Å². The highest BCUT2D eigenvalue weighted by atomic mass is 16.5. The van der Waals surface area contributed by atoms with Gasteiger partial charge in [0.05, 0.1) is 26.0 Å². The molecule has 1 aromatic heterocycles. The number of rotatable bonds is 4. The molecule has 2 fully saturated rings. The predicted octanol–water partition coefficient (Wildman–Crippen LogP) is 3.67. The van der Waals surface area contributed by atoms with Gasteiger partial charge in [-0.05, 0) is 37.3 Å². The van der Waals surface area contributed by atoms with Crippen LogP contribution in [0.25, 0.3) is 0 Å². The molecule has 1 spiro atoms. The zero-order chi connectivity index (χ0) is 20.9. The van der Waals surface area contributed by atoms with E-state index < -0.39 is 0 Å². The van der Waals surface area contributed by atoms with Crippen molar-refractivity contribution in [1.82, 2.24) is 14.7 Å². The van der Waals surface area contributed by atoms with Gasteiger partial charge in [0.25, 0.3) is 0 Å². The van der Waals surface area contributed by atoms with Crippen molar-refractivity contribution in [1.29, 1.82) is 0 Å². The lowest BCUT2D eigenvalue weighted by Crippen LogP contribution is -2.44. The summed E-state index contributed by atoms with van der Waals surface area (Å²) >= 11 is 0. The molecule has 160 valence electrons. The maximum absolute atomic E-state index is 13.5. The molecule has 1 aromatic carbocycles. The highest BCUT2D eigenvalue weighted by molar-refractivity contribution is 5.85. The Kier molecular flexibility index (Phi) is 4.85. The van der Waals surface area contributed by atoms with Crippen molar-refractivity contribution in [3.05, 3.63) is 47.3 Å². The van der Waals surface area contributed by atoms with E-state index in [1.807, 2.05) is 22.0 Å². The topological polar surface area (TPSA) is 56.6 Å². The summed E-state index contributed by atoms with van der Waals surface area (Å²) in [6, 6.07) is 6.54. The lowest BCUT2D eigenvalue weighted by atomic mass is 9.85. The van der Waals surface area contributed by atoms with Gasteiger partial charge >= 0.3 is 0 Å². The van der Waals surface area contributed by atoms with Crippen molar-refractivity contribution in [2.75, 3.05) is 26.3 Å². The zero-order valence-corrected chi connectivity index (χ0v) is 18.1. The summed E-state index contributed by atoms with van der Waals surface area (Å²) in [5.74, 6) is 1.76. The van der Waals surface area contributed by atoms with Crippen molar-refractivity contribution in [2.45, 2.75) is 57.6 Å². The second-order valence-electron chi connectivity index (χ2n) is 9.19. The Bertz CT molecular complexity index is 953. The van der Waals surface area contributed by atoms with E-state index in [0.717, 1.165) is 30.7 Å². The molecule has 0 N–H and O–H groups in total. The Balaban J connectivity index is 1.34. The van der Waals surface area contributed by atoms with Crippen LogP contribution in [0.3, 0.4) is 0 Å². The van der Waals surface area contributed by atoms with Crippen LogP contribution >= 0.6 is 0 Å². The Morgan fingerprint density at radius 2 is 2.20 bits per heavy atom. The van der Waals surface area contributed by atoms with Gasteiger partial charge in [-0.25, -0.2) is 0 Å². The molecule has 2 aliphatic heterocycles. The van der Waals surface area contributed by atoms with Crippen molar-refractivity contribution in [2.24, 2.45) is 5.92 Å². The third kappa shape index (κ3) is 3.22. The number of carbonyl (C=O) groups excluding carboxylic acids is 1. The van der Waals surface area contributed by atoms with Crippen LogP contribution in [0, 0.1) is 5.92 Å². The summed E-state index contributed by atoms with van der Waals surface area (Å²) < 4.78 is 13.8. The lowest BCUT2D eigenvalue weighted by molar-refractivity contribution is -0.141. The van der Waals surface area contributed by atoms with Crippen LogP contribution < -0.4 is 4.74 Å². The third-order valence-electron chi connectivity index (χ3n) is 7.11. The monoisotopic (exact) mass is 409 g/mol. The first-order valence-electron chi connectivity index (χ1n) is 11.2. The number of nitrogens with zero attached hydrogens (tertiary/aromatic N) is 3. The molecule has 0 unspecified atom stereocenters. The molecule has 1 saturated heterocycles. The van der Waals surface area contributed by atoms with E-state index in [9.17, 15) is 4.79 Å². The third-order valence-corrected chi connectivity index (χ3v) is 7.11. The summed E-state index contributed by atoms with van der Waals surface area (Å²) in [6.45, 7) is 9.86. The second-order valence-corrected chi connectivity index (χ2v) is 9.19. The zero-order valence-electron chi connectivity index (χ0n) is 18.1. The van der Waals surface area contributed by atoms with Crippen molar-refractivity contribution >= 4 is 5.91 Å². The van der Waals surface area contributed by atoms with Crippen LogP contribution in [-0.4, -0.2) is 46.9 Å². The molecule has 3 heterocycles. The Morgan fingerprint density at radius 1 is 1.33 bits per heavy atom. The van der Waals surface area contributed by atoms with E-state index in [0.29, 0.717) is 32.2 Å². The molecular formula is C24H31N3O3. The number of fused-ring (bicyclic) bond motifs is 2. The molecule has 5 rings (SSSR count). The van der Waals surface area contributed by atoms with Crippen LogP contribution in [0.1, 0.15) is 62.3 Å². The first kappa shape index (κ1) is 19.6. The minimum atomic E-state index is -0.0905. The molecule has 0 bridgehead atoms. The number of aryl methyl sites for hydroxylation is 1. The van der Waals surface area contributed by atoms with E-state index in [2.05, 4.69) is 44.1 Å². The van der Waals surface area contributed by atoms with E-state index in [-0.39, 0.29) is 23.3 Å². The van der Waals surface area contributed by atoms with Crippen molar-refractivity contribution < 1.29 is 14.3 Å². The summed E-state index contributed by atoms with van der Waals surface area (Å²) in [7, 11) is 0. The Morgan fingerprint density at radius 3 is 2.97 bits per heavy atom. The molecule has 0 radical (unpaired) electrons. The standard InChI is InChI=1S/C24H31N3O3/c1-4-27-14-18(13-25-27)22-15-26(8-10-30-22)23(28)20-12-24(20)7-9-29-21-6-5-17(16(2)3)11-19(21)24/h5-6,11,13-14,16,20,22H,4,7-10,12,15H2,1-3H3/t20-,22-,24-/m0/s1. The SMILES string of the molecule is CCn1cc([C@@H]2CN(C(=O)[C@@H]3C[C@]34CCOc3ccc(C(C)C)cc34)CCO2)cn1. The minimum Gasteiger partial charge on any atom is -0.493 e. The highest BCUT2D eigenvalue weighted by Crippen LogP contribution is 2.61. The smallest absolute Gasteiger partial charge is 0.226 e. The quantitative estimate of drug-likeness (QED) is 0.773. The Hall–Kier alpha value is -2.34. The number of aromatic nitrogens is 2. The molecule has 1 amide bonds. The van der Waals surface area contributed by atoms with Gasteiger partial charge in [0.15, 0.2) is 0 Å². The van der Waals surface area contributed by atoms with E-state index in [4.69, 9.17) is 9.47 Å². The molecule has 3 aliphatic rings. The van der Waals surface area contributed by atoms with E-state index in [1.54, 1.807) is 0 Å². The molecule has 1 aliphatic carbocycles. The van der Waals surface area contributed by atoms with Gasteiger partial charge < -0.3 is 14.4 Å². The Labute approximate surface area is 178 Å².